The van der Waals surface area contributed by atoms with Crippen LogP contribution in [-0.4, -0.2) is 27.5 Å². The van der Waals surface area contributed by atoms with Crippen LogP contribution in [0.25, 0.3) is 0 Å². The topological polar surface area (TPSA) is 98.5 Å². The Balaban J connectivity index is 2.26. The summed E-state index contributed by atoms with van der Waals surface area (Å²) >= 11 is 0. The predicted octanol–water partition coefficient (Wildman–Crippen LogP) is 0.0212. The lowest BCUT2D eigenvalue weighted by molar-refractivity contribution is -0.126. The summed E-state index contributed by atoms with van der Waals surface area (Å²) in [5, 5.41) is 7.81. The van der Waals surface area contributed by atoms with Gasteiger partial charge in [-0.05, 0) is 37.1 Å². The minimum absolute atomic E-state index is 0.0337. The summed E-state index contributed by atoms with van der Waals surface area (Å²) in [7, 11) is -3.74. The summed E-state index contributed by atoms with van der Waals surface area (Å²) < 4.78 is 28.1. The van der Waals surface area contributed by atoms with Crippen molar-refractivity contribution >= 4 is 15.9 Å². The minimum Gasteiger partial charge on any atom is -0.492 e. The molecule has 0 aromatic heterocycles. The number of sulfonamides is 1. The van der Waals surface area contributed by atoms with Crippen LogP contribution in [0.1, 0.15) is 12.5 Å². The summed E-state index contributed by atoms with van der Waals surface area (Å²) in [6, 6.07) is 4.44. The molecule has 1 heterocycles. The molecule has 1 aliphatic rings. The van der Waals surface area contributed by atoms with Crippen LogP contribution in [0.15, 0.2) is 23.1 Å². The molecule has 0 fully saturated rings. The molecule has 104 valence electrons. The second-order valence-corrected chi connectivity index (χ2v) is 5.98. The van der Waals surface area contributed by atoms with Crippen LogP contribution in [0.5, 0.6) is 5.75 Å². The van der Waals surface area contributed by atoms with Gasteiger partial charge in [0.1, 0.15) is 12.4 Å². The molecular formula is C12H16N2O4S. The highest BCUT2D eigenvalue weighted by Crippen LogP contribution is 2.29. The van der Waals surface area contributed by atoms with E-state index in [1.165, 1.54) is 12.1 Å². The average molecular weight is 284 g/mol. The van der Waals surface area contributed by atoms with E-state index in [-0.39, 0.29) is 16.7 Å². The SMILES string of the molecule is CCNC(=O)C1COc2ccc(S(N)(=O)=O)cc2C1. The van der Waals surface area contributed by atoms with Gasteiger partial charge in [-0.3, -0.25) is 4.79 Å². The Morgan fingerprint density at radius 2 is 2.26 bits per heavy atom. The maximum Gasteiger partial charge on any atom is 0.238 e. The van der Waals surface area contributed by atoms with Crippen LogP contribution < -0.4 is 15.2 Å². The number of amides is 1. The van der Waals surface area contributed by atoms with Crippen LogP contribution in [0.3, 0.4) is 0 Å². The second-order valence-electron chi connectivity index (χ2n) is 4.42. The van der Waals surface area contributed by atoms with E-state index in [0.29, 0.717) is 30.9 Å². The molecule has 1 unspecified atom stereocenters. The Labute approximate surface area is 112 Å². The lowest BCUT2D eigenvalue weighted by Crippen LogP contribution is -2.37. The number of nitrogens with one attached hydrogen (secondary N) is 1. The van der Waals surface area contributed by atoms with E-state index in [2.05, 4.69) is 5.32 Å². The van der Waals surface area contributed by atoms with Gasteiger partial charge in [-0.25, -0.2) is 13.6 Å². The molecule has 1 aliphatic heterocycles. The van der Waals surface area contributed by atoms with Crippen molar-refractivity contribution in [1.82, 2.24) is 5.32 Å². The first kappa shape index (κ1) is 13.8. The molecule has 1 aromatic carbocycles. The molecule has 1 amide bonds. The first-order valence-corrected chi connectivity index (χ1v) is 7.52. The number of ether oxygens (including phenoxy) is 1. The number of benzene rings is 1. The number of primary sulfonamides is 1. The molecule has 0 aliphatic carbocycles. The van der Waals surface area contributed by atoms with E-state index in [4.69, 9.17) is 9.88 Å². The van der Waals surface area contributed by atoms with E-state index >= 15 is 0 Å². The Morgan fingerprint density at radius 1 is 1.53 bits per heavy atom. The van der Waals surface area contributed by atoms with Crippen molar-refractivity contribution in [2.24, 2.45) is 11.1 Å². The molecule has 0 saturated carbocycles. The van der Waals surface area contributed by atoms with Crippen molar-refractivity contribution in [3.63, 3.8) is 0 Å². The fourth-order valence-electron chi connectivity index (χ4n) is 2.03. The zero-order valence-corrected chi connectivity index (χ0v) is 11.4. The molecule has 0 spiro atoms. The van der Waals surface area contributed by atoms with Crippen molar-refractivity contribution < 1.29 is 17.9 Å². The van der Waals surface area contributed by atoms with Crippen molar-refractivity contribution in [2.75, 3.05) is 13.2 Å². The highest BCUT2D eigenvalue weighted by molar-refractivity contribution is 7.89. The summed E-state index contributed by atoms with van der Waals surface area (Å²) in [6.45, 7) is 2.70. The zero-order valence-electron chi connectivity index (χ0n) is 10.5. The van der Waals surface area contributed by atoms with Crippen molar-refractivity contribution in [3.8, 4) is 5.75 Å². The lowest BCUT2D eigenvalue weighted by atomic mass is 9.96. The predicted molar refractivity (Wildman–Crippen MR) is 69.2 cm³/mol. The van der Waals surface area contributed by atoms with Crippen molar-refractivity contribution in [2.45, 2.75) is 18.2 Å². The molecule has 1 aromatic rings. The molecule has 0 radical (unpaired) electrons. The van der Waals surface area contributed by atoms with Gasteiger partial charge < -0.3 is 10.1 Å². The second kappa shape index (κ2) is 5.18. The molecule has 7 heteroatoms. The van der Waals surface area contributed by atoms with Crippen molar-refractivity contribution in [1.29, 1.82) is 0 Å². The summed E-state index contributed by atoms with van der Waals surface area (Å²) in [6.07, 6.45) is 0.449. The van der Waals surface area contributed by atoms with Crippen LogP contribution >= 0.6 is 0 Å². The maximum atomic E-state index is 11.8. The largest absolute Gasteiger partial charge is 0.492 e. The van der Waals surface area contributed by atoms with Gasteiger partial charge in [0.15, 0.2) is 0 Å². The quantitative estimate of drug-likeness (QED) is 0.817. The maximum absolute atomic E-state index is 11.8. The minimum atomic E-state index is -3.74. The van der Waals surface area contributed by atoms with Gasteiger partial charge in [-0.2, -0.15) is 0 Å². The van der Waals surface area contributed by atoms with Gasteiger partial charge in [-0.1, -0.05) is 0 Å². The number of hydrogen-bond acceptors (Lipinski definition) is 4. The number of carbonyl (C=O) groups excluding carboxylic acids is 1. The molecule has 1 atom stereocenters. The number of hydrogen-bond donors (Lipinski definition) is 2. The summed E-state index contributed by atoms with van der Waals surface area (Å²) in [5.41, 5.74) is 0.689. The number of rotatable bonds is 3. The number of nitrogens with two attached hydrogens (primary N) is 1. The average Bonchev–Trinajstić information content (AvgIpc) is 2.36. The van der Waals surface area contributed by atoms with Gasteiger partial charge in [0, 0.05) is 6.54 Å². The fraction of sp³-hybridized carbons (Fsp3) is 0.417. The van der Waals surface area contributed by atoms with Gasteiger partial charge in [-0.15, -0.1) is 0 Å². The molecule has 2 rings (SSSR count). The first-order chi connectivity index (χ1) is 8.91. The molecule has 19 heavy (non-hydrogen) atoms. The monoisotopic (exact) mass is 284 g/mol. The van der Waals surface area contributed by atoms with E-state index in [1.807, 2.05) is 6.92 Å². The molecule has 0 saturated heterocycles. The smallest absolute Gasteiger partial charge is 0.238 e. The van der Waals surface area contributed by atoms with Gasteiger partial charge in [0.05, 0.1) is 10.8 Å². The van der Waals surface area contributed by atoms with Gasteiger partial charge in [0.25, 0.3) is 0 Å². The van der Waals surface area contributed by atoms with Gasteiger partial charge >= 0.3 is 0 Å². The zero-order chi connectivity index (χ0) is 14.0. The third-order valence-corrected chi connectivity index (χ3v) is 3.90. The molecule has 6 nitrogen and oxygen atoms in total. The molecule has 0 bridgehead atoms. The normalized spacial score (nSPS) is 18.3. The third kappa shape index (κ3) is 3.05. The Morgan fingerprint density at radius 3 is 2.89 bits per heavy atom. The standard InChI is InChI=1S/C12H16N2O4S/c1-2-14-12(15)9-5-8-6-10(19(13,16)17)3-4-11(8)18-7-9/h3-4,6,9H,2,5,7H2,1H3,(H,14,15)(H2,13,16,17). The van der Waals surface area contributed by atoms with E-state index in [1.54, 1.807) is 6.07 Å². The first-order valence-electron chi connectivity index (χ1n) is 5.98. The van der Waals surface area contributed by atoms with E-state index in [0.717, 1.165) is 0 Å². The highest BCUT2D eigenvalue weighted by Gasteiger charge is 2.26. The Bertz CT molecular complexity index is 598. The molecular weight excluding hydrogens is 268 g/mol. The van der Waals surface area contributed by atoms with Gasteiger partial charge in [0.2, 0.25) is 15.9 Å². The Hall–Kier alpha value is -1.60. The highest BCUT2D eigenvalue weighted by atomic mass is 32.2. The summed E-state index contributed by atoms with van der Waals surface area (Å²) in [4.78, 5) is 11.8. The third-order valence-electron chi connectivity index (χ3n) is 2.99. The van der Waals surface area contributed by atoms with E-state index in [9.17, 15) is 13.2 Å². The lowest BCUT2D eigenvalue weighted by Gasteiger charge is -2.24. The number of fused-ring (bicyclic) bond motifs is 1. The van der Waals surface area contributed by atoms with Crippen LogP contribution in [0, 0.1) is 5.92 Å². The summed E-state index contributed by atoms with van der Waals surface area (Å²) in [5.74, 6) is 0.213. The molecule has 3 N–H and O–H groups in total. The number of carbonyl (C=O) groups is 1. The van der Waals surface area contributed by atoms with E-state index < -0.39 is 10.0 Å². The van der Waals surface area contributed by atoms with Crippen LogP contribution in [0.4, 0.5) is 0 Å². The fourth-order valence-corrected chi connectivity index (χ4v) is 2.60. The van der Waals surface area contributed by atoms with Crippen LogP contribution in [-0.2, 0) is 21.2 Å². The van der Waals surface area contributed by atoms with Crippen LogP contribution in [0.2, 0.25) is 0 Å². The van der Waals surface area contributed by atoms with Crippen molar-refractivity contribution in [3.05, 3.63) is 23.8 Å². The Kier molecular flexibility index (Phi) is 3.77.